The Labute approximate surface area is 105 Å². The zero-order valence-corrected chi connectivity index (χ0v) is 11.2. The topological polar surface area (TPSA) is 24.5 Å². The number of ether oxygens (including phenoxy) is 1. The summed E-state index contributed by atoms with van der Waals surface area (Å²) in [5.41, 5.74) is 0.113. The van der Waals surface area contributed by atoms with Crippen LogP contribution in [0.2, 0.25) is 0 Å². The number of nitrogens with zero attached hydrogens (tertiary/aromatic N) is 1. The lowest BCUT2D eigenvalue weighted by molar-refractivity contribution is -0.0193. The van der Waals surface area contributed by atoms with Crippen LogP contribution in [0.1, 0.15) is 39.5 Å². The van der Waals surface area contributed by atoms with Crippen LogP contribution in [0.3, 0.4) is 0 Å². The Balaban J connectivity index is 1.46. The van der Waals surface area contributed by atoms with E-state index in [0.29, 0.717) is 6.10 Å². The first-order chi connectivity index (χ1) is 8.12. The SMILES string of the molecule is CC1(C)CCC(CNC2CN3CCC2CC3)O1. The molecule has 4 aliphatic heterocycles. The van der Waals surface area contributed by atoms with Gasteiger partial charge in [0.1, 0.15) is 0 Å². The second-order valence-electron chi connectivity index (χ2n) is 6.69. The molecular weight excluding hydrogens is 212 g/mol. The van der Waals surface area contributed by atoms with Crippen LogP contribution >= 0.6 is 0 Å². The van der Waals surface area contributed by atoms with Crippen molar-refractivity contribution in [3.63, 3.8) is 0 Å². The van der Waals surface area contributed by atoms with E-state index < -0.39 is 0 Å². The molecule has 2 unspecified atom stereocenters. The highest BCUT2D eigenvalue weighted by Crippen LogP contribution is 2.30. The van der Waals surface area contributed by atoms with Gasteiger partial charge in [0.2, 0.25) is 0 Å². The van der Waals surface area contributed by atoms with Crippen LogP contribution in [0.4, 0.5) is 0 Å². The van der Waals surface area contributed by atoms with Gasteiger partial charge in [-0.05, 0) is 58.5 Å². The predicted octanol–water partition coefficient (Wildman–Crippen LogP) is 1.63. The first-order valence-corrected chi connectivity index (χ1v) is 7.26. The van der Waals surface area contributed by atoms with Crippen molar-refractivity contribution in [3.8, 4) is 0 Å². The van der Waals surface area contributed by atoms with Gasteiger partial charge in [-0.25, -0.2) is 0 Å². The monoisotopic (exact) mass is 238 g/mol. The van der Waals surface area contributed by atoms with Gasteiger partial charge in [-0.3, -0.25) is 0 Å². The molecule has 2 bridgehead atoms. The molecule has 2 atom stereocenters. The number of nitrogens with one attached hydrogen (secondary N) is 1. The zero-order chi connectivity index (χ0) is 11.9. The van der Waals surface area contributed by atoms with Gasteiger partial charge in [-0.15, -0.1) is 0 Å². The molecule has 0 amide bonds. The van der Waals surface area contributed by atoms with Crippen LogP contribution in [0.25, 0.3) is 0 Å². The van der Waals surface area contributed by atoms with E-state index in [1.165, 1.54) is 45.3 Å². The Morgan fingerprint density at radius 3 is 2.53 bits per heavy atom. The fourth-order valence-corrected chi connectivity index (χ4v) is 3.70. The van der Waals surface area contributed by atoms with Crippen molar-refractivity contribution in [1.82, 2.24) is 10.2 Å². The highest BCUT2D eigenvalue weighted by atomic mass is 16.5. The maximum Gasteiger partial charge on any atom is 0.0707 e. The summed E-state index contributed by atoms with van der Waals surface area (Å²) in [6, 6.07) is 0.727. The molecule has 1 N–H and O–H groups in total. The molecule has 0 aromatic carbocycles. The van der Waals surface area contributed by atoms with Crippen LogP contribution < -0.4 is 5.32 Å². The maximum absolute atomic E-state index is 6.04. The van der Waals surface area contributed by atoms with Crippen molar-refractivity contribution >= 4 is 0 Å². The van der Waals surface area contributed by atoms with Crippen molar-refractivity contribution in [2.45, 2.75) is 57.3 Å². The average molecular weight is 238 g/mol. The maximum atomic E-state index is 6.04. The second-order valence-corrected chi connectivity index (χ2v) is 6.69. The van der Waals surface area contributed by atoms with Crippen molar-refractivity contribution in [2.24, 2.45) is 5.92 Å². The summed E-state index contributed by atoms with van der Waals surface area (Å²) in [6.07, 6.45) is 5.67. The van der Waals surface area contributed by atoms with E-state index in [-0.39, 0.29) is 5.60 Å². The summed E-state index contributed by atoms with van der Waals surface area (Å²) in [5, 5.41) is 3.77. The molecule has 4 aliphatic rings. The normalized spacial score (nSPS) is 44.1. The van der Waals surface area contributed by atoms with Gasteiger partial charge in [0, 0.05) is 19.1 Å². The Morgan fingerprint density at radius 2 is 2.00 bits per heavy atom. The van der Waals surface area contributed by atoms with E-state index >= 15 is 0 Å². The largest absolute Gasteiger partial charge is 0.371 e. The van der Waals surface area contributed by atoms with E-state index in [0.717, 1.165) is 18.5 Å². The first-order valence-electron chi connectivity index (χ1n) is 7.26. The lowest BCUT2D eigenvalue weighted by Gasteiger charge is -2.45. The summed E-state index contributed by atoms with van der Waals surface area (Å²) in [4.78, 5) is 2.61. The molecule has 4 saturated heterocycles. The van der Waals surface area contributed by atoms with Crippen molar-refractivity contribution in [2.75, 3.05) is 26.2 Å². The first kappa shape index (κ1) is 11.9. The van der Waals surface area contributed by atoms with Gasteiger partial charge in [-0.2, -0.15) is 0 Å². The molecule has 4 fully saturated rings. The number of hydrogen-bond donors (Lipinski definition) is 1. The van der Waals surface area contributed by atoms with E-state index in [1.807, 2.05) is 0 Å². The fraction of sp³-hybridized carbons (Fsp3) is 1.00. The highest BCUT2D eigenvalue weighted by molar-refractivity contribution is 4.92. The average Bonchev–Trinajstić information content (AvgIpc) is 2.68. The van der Waals surface area contributed by atoms with Gasteiger partial charge in [0.05, 0.1) is 11.7 Å². The summed E-state index contributed by atoms with van der Waals surface area (Å²) in [7, 11) is 0. The van der Waals surface area contributed by atoms with E-state index in [9.17, 15) is 0 Å². The van der Waals surface area contributed by atoms with Gasteiger partial charge >= 0.3 is 0 Å². The van der Waals surface area contributed by atoms with Crippen LogP contribution in [0.15, 0.2) is 0 Å². The molecule has 0 spiro atoms. The molecular formula is C14H26N2O. The van der Waals surface area contributed by atoms with Crippen molar-refractivity contribution < 1.29 is 4.74 Å². The fourth-order valence-electron chi connectivity index (χ4n) is 3.70. The zero-order valence-electron chi connectivity index (χ0n) is 11.2. The van der Waals surface area contributed by atoms with Gasteiger partial charge < -0.3 is 15.0 Å². The third kappa shape index (κ3) is 2.67. The minimum atomic E-state index is 0.113. The molecule has 3 heteroatoms. The van der Waals surface area contributed by atoms with Gasteiger partial charge in [0.15, 0.2) is 0 Å². The lowest BCUT2D eigenvalue weighted by Crippen LogP contribution is -2.57. The third-order valence-corrected chi connectivity index (χ3v) is 4.82. The lowest BCUT2D eigenvalue weighted by atomic mass is 9.84. The smallest absolute Gasteiger partial charge is 0.0707 e. The molecule has 0 aliphatic carbocycles. The molecule has 0 saturated carbocycles. The highest BCUT2D eigenvalue weighted by Gasteiger charge is 2.36. The minimum Gasteiger partial charge on any atom is -0.371 e. The van der Waals surface area contributed by atoms with E-state index in [4.69, 9.17) is 4.74 Å². The molecule has 0 aromatic heterocycles. The summed E-state index contributed by atoms with van der Waals surface area (Å²) in [5.74, 6) is 0.925. The van der Waals surface area contributed by atoms with Crippen molar-refractivity contribution in [1.29, 1.82) is 0 Å². The van der Waals surface area contributed by atoms with Crippen LogP contribution in [0.5, 0.6) is 0 Å². The Morgan fingerprint density at radius 1 is 1.24 bits per heavy atom. The van der Waals surface area contributed by atoms with E-state index in [1.54, 1.807) is 0 Å². The minimum absolute atomic E-state index is 0.113. The van der Waals surface area contributed by atoms with Gasteiger partial charge in [0.25, 0.3) is 0 Å². The standard InChI is InChI=1S/C14H26N2O/c1-14(2)6-3-12(17-14)9-15-13-10-16-7-4-11(13)5-8-16/h11-13,15H,3-10H2,1-2H3. The van der Waals surface area contributed by atoms with Crippen LogP contribution in [-0.4, -0.2) is 48.8 Å². The molecule has 3 nitrogen and oxygen atoms in total. The molecule has 17 heavy (non-hydrogen) atoms. The summed E-state index contributed by atoms with van der Waals surface area (Å²) >= 11 is 0. The quantitative estimate of drug-likeness (QED) is 0.809. The van der Waals surface area contributed by atoms with Gasteiger partial charge in [-0.1, -0.05) is 0 Å². The van der Waals surface area contributed by atoms with Crippen LogP contribution in [0, 0.1) is 5.92 Å². The second kappa shape index (κ2) is 4.52. The number of piperidine rings is 3. The number of hydrogen-bond acceptors (Lipinski definition) is 3. The Hall–Kier alpha value is -0.120. The molecule has 98 valence electrons. The third-order valence-electron chi connectivity index (χ3n) is 4.82. The predicted molar refractivity (Wildman–Crippen MR) is 69.1 cm³/mol. The van der Waals surface area contributed by atoms with Crippen molar-refractivity contribution in [3.05, 3.63) is 0 Å². The molecule has 4 heterocycles. The summed E-state index contributed by atoms with van der Waals surface area (Å²) in [6.45, 7) is 9.40. The van der Waals surface area contributed by atoms with E-state index in [2.05, 4.69) is 24.1 Å². The molecule has 0 aromatic rings. The summed E-state index contributed by atoms with van der Waals surface area (Å²) < 4.78 is 6.04. The molecule has 0 radical (unpaired) electrons. The number of rotatable bonds is 3. The molecule has 4 rings (SSSR count). The Bertz CT molecular complexity index is 271. The number of fused-ring (bicyclic) bond motifs is 3. The van der Waals surface area contributed by atoms with Crippen LogP contribution in [-0.2, 0) is 4.74 Å². The Kier molecular flexibility index (Phi) is 3.18.